The van der Waals surface area contributed by atoms with Gasteiger partial charge in [-0.3, -0.25) is 4.98 Å². The lowest BCUT2D eigenvalue weighted by atomic mass is 10.1. The van der Waals surface area contributed by atoms with Crippen molar-refractivity contribution in [2.75, 3.05) is 7.11 Å². The Labute approximate surface area is 110 Å². The third-order valence-electron chi connectivity index (χ3n) is 2.95. The number of hydrogen-bond acceptors (Lipinski definition) is 4. The molecule has 1 N–H and O–H groups in total. The summed E-state index contributed by atoms with van der Waals surface area (Å²) in [4.78, 5) is 8.71. The number of phenols is 1. The van der Waals surface area contributed by atoms with Crippen LogP contribution in [0.5, 0.6) is 11.5 Å². The average Bonchev–Trinajstić information content (AvgIpc) is 2.48. The fourth-order valence-corrected chi connectivity index (χ4v) is 1.98. The van der Waals surface area contributed by atoms with Gasteiger partial charge in [-0.15, -0.1) is 0 Å². The summed E-state index contributed by atoms with van der Waals surface area (Å²) in [6, 6.07) is 13.0. The number of fused-ring (bicyclic) bond motifs is 1. The van der Waals surface area contributed by atoms with E-state index < -0.39 is 0 Å². The number of aromatic hydroxyl groups is 1. The van der Waals surface area contributed by atoms with Crippen molar-refractivity contribution in [3.63, 3.8) is 0 Å². The number of aromatic nitrogens is 2. The molecule has 0 unspecified atom stereocenters. The summed E-state index contributed by atoms with van der Waals surface area (Å²) in [6.45, 7) is 0. The molecule has 94 valence electrons. The summed E-state index contributed by atoms with van der Waals surface area (Å²) in [5, 5.41) is 11.0. The smallest absolute Gasteiger partial charge is 0.184 e. The Morgan fingerprint density at radius 2 is 1.84 bits per heavy atom. The molecule has 0 bridgehead atoms. The monoisotopic (exact) mass is 252 g/mol. The zero-order valence-corrected chi connectivity index (χ0v) is 10.4. The number of methoxy groups -OCH3 is 1. The molecule has 0 saturated heterocycles. The van der Waals surface area contributed by atoms with Crippen molar-refractivity contribution in [2.45, 2.75) is 0 Å². The van der Waals surface area contributed by atoms with Crippen molar-refractivity contribution in [1.82, 2.24) is 9.97 Å². The van der Waals surface area contributed by atoms with Crippen LogP contribution in [0.3, 0.4) is 0 Å². The Bertz CT molecular complexity index is 727. The standard InChI is InChI=1S/C15H12N2O2/c1-19-13-8-6-10-5-7-12(17-14(10)15(13)18)11-4-2-3-9-16-11/h2-9,18H,1H3. The Morgan fingerprint density at radius 3 is 2.58 bits per heavy atom. The average molecular weight is 252 g/mol. The third-order valence-corrected chi connectivity index (χ3v) is 2.95. The molecule has 19 heavy (non-hydrogen) atoms. The first kappa shape index (κ1) is 11.5. The van der Waals surface area contributed by atoms with Crippen LogP contribution >= 0.6 is 0 Å². The van der Waals surface area contributed by atoms with Gasteiger partial charge in [-0.25, -0.2) is 4.98 Å². The lowest BCUT2D eigenvalue weighted by Crippen LogP contribution is -1.90. The van der Waals surface area contributed by atoms with Crippen LogP contribution in [0.25, 0.3) is 22.3 Å². The largest absolute Gasteiger partial charge is 0.503 e. The highest BCUT2D eigenvalue weighted by molar-refractivity contribution is 5.88. The highest BCUT2D eigenvalue weighted by Crippen LogP contribution is 2.33. The van der Waals surface area contributed by atoms with Gasteiger partial charge in [-0.2, -0.15) is 0 Å². The van der Waals surface area contributed by atoms with Crippen LogP contribution < -0.4 is 4.74 Å². The van der Waals surface area contributed by atoms with Gasteiger partial charge in [0.15, 0.2) is 11.5 Å². The first-order valence-electron chi connectivity index (χ1n) is 5.88. The Kier molecular flexibility index (Phi) is 2.76. The lowest BCUT2D eigenvalue weighted by molar-refractivity contribution is 0.376. The number of ether oxygens (including phenoxy) is 1. The van der Waals surface area contributed by atoms with Crippen molar-refractivity contribution >= 4 is 10.9 Å². The van der Waals surface area contributed by atoms with Gasteiger partial charge in [0.1, 0.15) is 5.52 Å². The highest BCUT2D eigenvalue weighted by atomic mass is 16.5. The predicted octanol–water partition coefficient (Wildman–Crippen LogP) is 3.01. The van der Waals surface area contributed by atoms with Gasteiger partial charge in [0.2, 0.25) is 0 Å². The minimum absolute atomic E-state index is 0.0535. The van der Waals surface area contributed by atoms with Crippen molar-refractivity contribution in [3.05, 3.63) is 48.7 Å². The maximum atomic E-state index is 10.1. The lowest BCUT2D eigenvalue weighted by Gasteiger charge is -2.07. The normalized spacial score (nSPS) is 10.6. The molecule has 0 amide bonds. The van der Waals surface area contributed by atoms with E-state index in [1.165, 1.54) is 7.11 Å². The van der Waals surface area contributed by atoms with Crippen molar-refractivity contribution in [3.8, 4) is 22.9 Å². The van der Waals surface area contributed by atoms with Gasteiger partial charge in [0.05, 0.1) is 18.5 Å². The van der Waals surface area contributed by atoms with Gasteiger partial charge < -0.3 is 9.84 Å². The van der Waals surface area contributed by atoms with E-state index in [0.29, 0.717) is 11.3 Å². The second kappa shape index (κ2) is 4.57. The topological polar surface area (TPSA) is 55.2 Å². The summed E-state index contributed by atoms with van der Waals surface area (Å²) in [5.74, 6) is 0.468. The molecule has 3 rings (SSSR count). The van der Waals surface area contributed by atoms with Crippen molar-refractivity contribution < 1.29 is 9.84 Å². The molecule has 1 aromatic carbocycles. The second-order valence-corrected chi connectivity index (χ2v) is 4.10. The van der Waals surface area contributed by atoms with E-state index in [0.717, 1.165) is 16.8 Å². The number of phenolic OH excluding ortho intramolecular Hbond substituents is 1. The van der Waals surface area contributed by atoms with Crippen LogP contribution in [0.15, 0.2) is 48.7 Å². The van der Waals surface area contributed by atoms with Gasteiger partial charge >= 0.3 is 0 Å². The summed E-state index contributed by atoms with van der Waals surface area (Å²) in [7, 11) is 1.52. The van der Waals surface area contributed by atoms with E-state index in [1.807, 2.05) is 36.4 Å². The van der Waals surface area contributed by atoms with Gasteiger partial charge in [0, 0.05) is 11.6 Å². The zero-order valence-electron chi connectivity index (χ0n) is 10.4. The maximum Gasteiger partial charge on any atom is 0.184 e. The molecule has 0 aliphatic carbocycles. The van der Waals surface area contributed by atoms with E-state index in [4.69, 9.17) is 4.74 Å². The SMILES string of the molecule is COc1ccc2ccc(-c3ccccn3)nc2c1O. The predicted molar refractivity (Wildman–Crippen MR) is 73.2 cm³/mol. The summed E-state index contributed by atoms with van der Waals surface area (Å²) >= 11 is 0. The second-order valence-electron chi connectivity index (χ2n) is 4.10. The van der Waals surface area contributed by atoms with Crippen LogP contribution in [0, 0.1) is 0 Å². The van der Waals surface area contributed by atoms with E-state index in [1.54, 1.807) is 12.3 Å². The minimum atomic E-state index is 0.0535. The Balaban J connectivity index is 2.22. The van der Waals surface area contributed by atoms with E-state index in [-0.39, 0.29) is 5.75 Å². The highest BCUT2D eigenvalue weighted by Gasteiger charge is 2.09. The molecule has 2 heterocycles. The van der Waals surface area contributed by atoms with Crippen LogP contribution in [-0.2, 0) is 0 Å². The van der Waals surface area contributed by atoms with Crippen LogP contribution in [0.4, 0.5) is 0 Å². The first-order chi connectivity index (χ1) is 9.29. The fraction of sp³-hybridized carbons (Fsp3) is 0.0667. The summed E-state index contributed by atoms with van der Waals surface area (Å²) in [5.41, 5.74) is 2.01. The third kappa shape index (κ3) is 1.97. The molecule has 2 aromatic heterocycles. The van der Waals surface area contributed by atoms with E-state index in [9.17, 15) is 5.11 Å². The van der Waals surface area contributed by atoms with E-state index >= 15 is 0 Å². The molecule has 0 atom stereocenters. The van der Waals surface area contributed by atoms with Crippen LogP contribution in [0.1, 0.15) is 0 Å². The van der Waals surface area contributed by atoms with Crippen LogP contribution in [-0.4, -0.2) is 22.2 Å². The van der Waals surface area contributed by atoms with E-state index in [2.05, 4.69) is 9.97 Å². The molecular weight excluding hydrogens is 240 g/mol. The zero-order chi connectivity index (χ0) is 13.2. The quantitative estimate of drug-likeness (QED) is 0.761. The minimum Gasteiger partial charge on any atom is -0.503 e. The van der Waals surface area contributed by atoms with Crippen molar-refractivity contribution in [1.29, 1.82) is 0 Å². The summed E-state index contributed by atoms with van der Waals surface area (Å²) < 4.78 is 5.09. The maximum absolute atomic E-state index is 10.1. The molecule has 0 aliphatic heterocycles. The fourth-order valence-electron chi connectivity index (χ4n) is 1.98. The van der Waals surface area contributed by atoms with Crippen molar-refractivity contribution in [2.24, 2.45) is 0 Å². The molecular formula is C15H12N2O2. The number of nitrogens with zero attached hydrogens (tertiary/aromatic N) is 2. The molecule has 0 radical (unpaired) electrons. The van der Waals surface area contributed by atoms with Gasteiger partial charge in [-0.1, -0.05) is 12.1 Å². The first-order valence-corrected chi connectivity index (χ1v) is 5.88. The van der Waals surface area contributed by atoms with Crippen LogP contribution in [0.2, 0.25) is 0 Å². The number of benzene rings is 1. The number of pyridine rings is 2. The molecule has 0 spiro atoms. The van der Waals surface area contributed by atoms with Gasteiger partial charge in [0.25, 0.3) is 0 Å². The molecule has 4 heteroatoms. The number of rotatable bonds is 2. The number of hydrogen-bond donors (Lipinski definition) is 1. The van der Waals surface area contributed by atoms with Gasteiger partial charge in [-0.05, 0) is 30.3 Å². The molecule has 0 aliphatic rings. The molecule has 4 nitrogen and oxygen atoms in total. The summed E-state index contributed by atoms with van der Waals surface area (Å²) in [6.07, 6.45) is 1.71. The molecule has 0 fully saturated rings. The Morgan fingerprint density at radius 1 is 1.00 bits per heavy atom. The Hall–Kier alpha value is -2.62. The molecule has 0 saturated carbocycles. The molecule has 3 aromatic rings.